The van der Waals surface area contributed by atoms with Crippen molar-refractivity contribution in [2.45, 2.75) is 26.4 Å². The molecule has 132 valence electrons. The van der Waals surface area contributed by atoms with E-state index in [1.807, 2.05) is 47.4 Å². The second-order valence-electron chi connectivity index (χ2n) is 6.79. The minimum absolute atomic E-state index is 0.118. The summed E-state index contributed by atoms with van der Waals surface area (Å²) in [7, 11) is 1.67. The Kier molecular flexibility index (Phi) is 5.77. The number of amides is 1. The van der Waals surface area contributed by atoms with Gasteiger partial charge in [-0.15, -0.1) is 0 Å². The summed E-state index contributed by atoms with van der Waals surface area (Å²) in [6.07, 6.45) is 2.17. The van der Waals surface area contributed by atoms with E-state index in [2.05, 4.69) is 6.92 Å². The number of benzene rings is 2. The summed E-state index contributed by atoms with van der Waals surface area (Å²) in [5, 5.41) is 0.711. The van der Waals surface area contributed by atoms with E-state index < -0.39 is 0 Å². The van der Waals surface area contributed by atoms with E-state index in [0.717, 1.165) is 48.2 Å². The zero-order valence-corrected chi connectivity index (χ0v) is 15.6. The van der Waals surface area contributed by atoms with E-state index in [-0.39, 0.29) is 5.91 Å². The average molecular weight is 358 g/mol. The summed E-state index contributed by atoms with van der Waals surface area (Å²) >= 11 is 5.99. The van der Waals surface area contributed by atoms with Crippen LogP contribution in [0.15, 0.2) is 42.5 Å². The molecule has 1 heterocycles. The van der Waals surface area contributed by atoms with Crippen LogP contribution in [0.5, 0.6) is 0 Å². The Morgan fingerprint density at radius 2 is 1.84 bits per heavy atom. The molecule has 0 saturated carbocycles. The normalized spacial score (nSPS) is 15.4. The molecule has 0 radical (unpaired) electrons. The van der Waals surface area contributed by atoms with Crippen LogP contribution >= 0.6 is 11.6 Å². The molecule has 3 nitrogen and oxygen atoms in total. The number of hydrogen-bond donors (Lipinski definition) is 0. The van der Waals surface area contributed by atoms with Crippen LogP contribution in [0.3, 0.4) is 0 Å². The first-order valence-electron chi connectivity index (χ1n) is 8.75. The minimum Gasteiger partial charge on any atom is -0.380 e. The van der Waals surface area contributed by atoms with Gasteiger partial charge in [-0.2, -0.15) is 0 Å². The molecular weight excluding hydrogens is 334 g/mol. The highest BCUT2D eigenvalue weighted by molar-refractivity contribution is 6.30. The third kappa shape index (κ3) is 4.23. The number of piperidine rings is 1. The van der Waals surface area contributed by atoms with Gasteiger partial charge in [0.25, 0.3) is 5.91 Å². The second kappa shape index (κ2) is 8.03. The lowest BCUT2D eigenvalue weighted by molar-refractivity contribution is 0.0697. The number of likely N-dealkylation sites (tertiary alicyclic amines) is 1. The fourth-order valence-corrected chi connectivity index (χ4v) is 3.43. The lowest BCUT2D eigenvalue weighted by Crippen LogP contribution is -2.37. The number of rotatable bonds is 4. The zero-order chi connectivity index (χ0) is 17.8. The fourth-order valence-electron chi connectivity index (χ4n) is 3.31. The maximum Gasteiger partial charge on any atom is 0.253 e. The lowest BCUT2D eigenvalue weighted by Gasteiger charge is -2.30. The van der Waals surface area contributed by atoms with Gasteiger partial charge in [0, 0.05) is 30.8 Å². The van der Waals surface area contributed by atoms with Crippen molar-refractivity contribution in [1.29, 1.82) is 0 Å². The summed E-state index contributed by atoms with van der Waals surface area (Å²) in [4.78, 5) is 14.8. The number of nitrogens with zero attached hydrogens (tertiary/aromatic N) is 1. The fraction of sp³-hybridized carbons (Fsp3) is 0.381. The summed E-state index contributed by atoms with van der Waals surface area (Å²) in [5.41, 5.74) is 3.89. The third-order valence-corrected chi connectivity index (χ3v) is 5.13. The number of carbonyl (C=O) groups excluding carboxylic acids is 1. The van der Waals surface area contributed by atoms with Gasteiger partial charge in [-0.05, 0) is 59.7 Å². The van der Waals surface area contributed by atoms with Crippen molar-refractivity contribution in [3.05, 3.63) is 58.6 Å². The Labute approximate surface area is 154 Å². The Bertz CT molecular complexity index is 734. The first kappa shape index (κ1) is 18.0. The van der Waals surface area contributed by atoms with E-state index >= 15 is 0 Å². The number of halogens is 1. The molecule has 0 aromatic heterocycles. The van der Waals surface area contributed by atoms with Crippen molar-refractivity contribution >= 4 is 17.5 Å². The average Bonchev–Trinajstić information content (AvgIpc) is 2.63. The molecule has 0 bridgehead atoms. The number of hydrogen-bond acceptors (Lipinski definition) is 2. The molecule has 1 amide bonds. The first-order valence-corrected chi connectivity index (χ1v) is 9.13. The first-order chi connectivity index (χ1) is 12.1. The van der Waals surface area contributed by atoms with Crippen LogP contribution in [0.1, 0.15) is 35.7 Å². The van der Waals surface area contributed by atoms with Gasteiger partial charge in [-0.1, -0.05) is 36.7 Å². The predicted molar refractivity (Wildman–Crippen MR) is 102 cm³/mol. The number of methoxy groups -OCH3 is 1. The molecule has 25 heavy (non-hydrogen) atoms. The van der Waals surface area contributed by atoms with Crippen LogP contribution < -0.4 is 0 Å². The molecule has 0 spiro atoms. The third-order valence-electron chi connectivity index (χ3n) is 4.88. The molecule has 1 fully saturated rings. The van der Waals surface area contributed by atoms with Crippen molar-refractivity contribution in [2.75, 3.05) is 20.2 Å². The van der Waals surface area contributed by atoms with Gasteiger partial charge in [-0.25, -0.2) is 0 Å². The molecule has 1 saturated heterocycles. The highest BCUT2D eigenvalue weighted by Gasteiger charge is 2.22. The SMILES string of the molecule is COCc1cc(C(=O)N2CCC(C)CC2)ccc1-c1ccc(Cl)cc1. The Hall–Kier alpha value is -1.84. The molecule has 0 N–H and O–H groups in total. The van der Waals surface area contributed by atoms with Crippen molar-refractivity contribution in [3.63, 3.8) is 0 Å². The quantitative estimate of drug-likeness (QED) is 0.768. The van der Waals surface area contributed by atoms with Crippen LogP contribution in [-0.4, -0.2) is 31.0 Å². The second-order valence-corrected chi connectivity index (χ2v) is 7.22. The predicted octanol–water partition coefficient (Wildman–Crippen LogP) is 5.03. The molecule has 4 heteroatoms. The number of ether oxygens (including phenoxy) is 1. The van der Waals surface area contributed by atoms with E-state index in [9.17, 15) is 4.79 Å². The van der Waals surface area contributed by atoms with Crippen LogP contribution in [0.25, 0.3) is 11.1 Å². The van der Waals surface area contributed by atoms with Gasteiger partial charge >= 0.3 is 0 Å². The topological polar surface area (TPSA) is 29.5 Å². The molecule has 0 atom stereocenters. The minimum atomic E-state index is 0.118. The summed E-state index contributed by atoms with van der Waals surface area (Å²) in [5.74, 6) is 0.826. The van der Waals surface area contributed by atoms with Gasteiger partial charge in [-0.3, -0.25) is 4.79 Å². The highest BCUT2D eigenvalue weighted by atomic mass is 35.5. The smallest absolute Gasteiger partial charge is 0.253 e. The summed E-state index contributed by atoms with van der Waals surface area (Å²) < 4.78 is 5.36. The van der Waals surface area contributed by atoms with E-state index in [0.29, 0.717) is 17.5 Å². The van der Waals surface area contributed by atoms with E-state index in [1.165, 1.54) is 0 Å². The Morgan fingerprint density at radius 3 is 2.48 bits per heavy atom. The van der Waals surface area contributed by atoms with Gasteiger partial charge in [0.2, 0.25) is 0 Å². The largest absolute Gasteiger partial charge is 0.380 e. The van der Waals surface area contributed by atoms with Crippen molar-refractivity contribution in [2.24, 2.45) is 5.92 Å². The molecule has 0 unspecified atom stereocenters. The highest BCUT2D eigenvalue weighted by Crippen LogP contribution is 2.28. The van der Waals surface area contributed by atoms with Crippen molar-refractivity contribution in [1.82, 2.24) is 4.90 Å². The molecule has 2 aromatic carbocycles. The lowest BCUT2D eigenvalue weighted by atomic mass is 9.96. The molecule has 0 aliphatic carbocycles. The molecule has 3 rings (SSSR count). The van der Waals surface area contributed by atoms with Crippen LogP contribution in [0, 0.1) is 5.92 Å². The zero-order valence-electron chi connectivity index (χ0n) is 14.8. The Balaban J connectivity index is 1.88. The summed E-state index contributed by atoms with van der Waals surface area (Å²) in [6.45, 7) is 4.41. The summed E-state index contributed by atoms with van der Waals surface area (Å²) in [6, 6.07) is 13.6. The number of carbonyl (C=O) groups is 1. The van der Waals surface area contributed by atoms with Gasteiger partial charge in [0.05, 0.1) is 6.61 Å². The van der Waals surface area contributed by atoms with E-state index in [1.54, 1.807) is 7.11 Å². The van der Waals surface area contributed by atoms with Crippen molar-refractivity contribution < 1.29 is 9.53 Å². The van der Waals surface area contributed by atoms with Crippen molar-refractivity contribution in [3.8, 4) is 11.1 Å². The van der Waals surface area contributed by atoms with Gasteiger partial charge in [0.15, 0.2) is 0 Å². The maximum absolute atomic E-state index is 12.8. The van der Waals surface area contributed by atoms with Crippen LogP contribution in [0.2, 0.25) is 5.02 Å². The van der Waals surface area contributed by atoms with Gasteiger partial charge < -0.3 is 9.64 Å². The molecular formula is C21H24ClNO2. The maximum atomic E-state index is 12.8. The molecule has 2 aromatic rings. The van der Waals surface area contributed by atoms with Gasteiger partial charge in [0.1, 0.15) is 0 Å². The standard InChI is InChI=1S/C21H24ClNO2/c1-15-9-11-23(12-10-15)21(24)17-5-8-20(18(13-17)14-25-2)16-3-6-19(22)7-4-16/h3-8,13,15H,9-12,14H2,1-2H3. The Morgan fingerprint density at radius 1 is 1.16 bits per heavy atom. The molecule has 1 aliphatic heterocycles. The monoisotopic (exact) mass is 357 g/mol. The van der Waals surface area contributed by atoms with Crippen LogP contribution in [0.4, 0.5) is 0 Å². The van der Waals surface area contributed by atoms with Crippen LogP contribution in [-0.2, 0) is 11.3 Å². The van der Waals surface area contributed by atoms with E-state index in [4.69, 9.17) is 16.3 Å². The molecule has 1 aliphatic rings.